The fraction of sp³-hybridized carbons (Fsp3) is 0.478. The van der Waals surface area contributed by atoms with Gasteiger partial charge < -0.3 is 29.4 Å². The highest BCUT2D eigenvalue weighted by Crippen LogP contribution is 2.17. The van der Waals surface area contributed by atoms with E-state index in [1.165, 1.54) is 6.26 Å². The van der Waals surface area contributed by atoms with Crippen LogP contribution in [0, 0.1) is 5.92 Å². The Morgan fingerprint density at radius 3 is 2.81 bits per heavy atom. The van der Waals surface area contributed by atoms with E-state index in [0.29, 0.717) is 25.7 Å². The molecule has 8 heteroatoms. The Morgan fingerprint density at radius 1 is 1.26 bits per heavy atom. The minimum Gasteiger partial charge on any atom is -0.459 e. The van der Waals surface area contributed by atoms with Crippen molar-refractivity contribution in [1.82, 2.24) is 10.2 Å². The van der Waals surface area contributed by atoms with E-state index in [4.69, 9.17) is 18.9 Å². The molecule has 0 aliphatic carbocycles. The monoisotopic (exact) mass is 428 g/mol. The molecule has 0 radical (unpaired) electrons. The molecule has 1 aliphatic rings. The predicted molar refractivity (Wildman–Crippen MR) is 120 cm³/mol. The maximum absolute atomic E-state index is 12.1. The molecule has 2 aromatic rings. The van der Waals surface area contributed by atoms with Gasteiger partial charge in [-0.1, -0.05) is 12.1 Å². The van der Waals surface area contributed by atoms with Crippen molar-refractivity contribution in [2.45, 2.75) is 19.9 Å². The summed E-state index contributed by atoms with van der Waals surface area (Å²) < 4.78 is 15.8. The van der Waals surface area contributed by atoms with Crippen LogP contribution in [0.3, 0.4) is 0 Å². The van der Waals surface area contributed by atoms with Gasteiger partial charge in [0.1, 0.15) is 0 Å². The van der Waals surface area contributed by atoms with Crippen molar-refractivity contribution in [3.63, 3.8) is 0 Å². The fourth-order valence-corrected chi connectivity index (χ4v) is 3.44. The lowest BCUT2D eigenvalue weighted by Crippen LogP contribution is -2.40. The Bertz CT molecular complexity index is 821. The van der Waals surface area contributed by atoms with E-state index in [1.54, 1.807) is 19.2 Å². The van der Waals surface area contributed by atoms with Crippen molar-refractivity contribution in [1.29, 1.82) is 0 Å². The first kappa shape index (κ1) is 22.8. The van der Waals surface area contributed by atoms with E-state index < -0.39 is 0 Å². The number of hydrogen-bond donors (Lipinski definition) is 2. The lowest BCUT2D eigenvalue weighted by Gasteiger charge is -2.21. The standard InChI is InChI=1S/C23H32N4O4/c1-3-24-23(27-11-10-19(16-27)17-30-14-13-29-2)25-15-18-6-8-20(9-7-18)26-22(28)21-5-4-12-31-21/h4-9,12,19H,3,10-11,13-17H2,1-2H3,(H,24,25)(H,26,28). The molecule has 3 rings (SSSR count). The Hall–Kier alpha value is -2.84. The third kappa shape index (κ3) is 7.11. The molecule has 1 saturated heterocycles. The van der Waals surface area contributed by atoms with Crippen LogP contribution in [-0.2, 0) is 16.0 Å². The molecule has 1 atom stereocenters. The first-order valence-electron chi connectivity index (χ1n) is 10.7. The average molecular weight is 429 g/mol. The number of nitrogens with one attached hydrogen (secondary N) is 2. The predicted octanol–water partition coefficient (Wildman–Crippen LogP) is 2.98. The summed E-state index contributed by atoms with van der Waals surface area (Å²) in [7, 11) is 1.68. The highest BCUT2D eigenvalue weighted by Gasteiger charge is 2.24. The second kappa shape index (κ2) is 12.1. The van der Waals surface area contributed by atoms with Crippen molar-refractivity contribution in [3.05, 3.63) is 54.0 Å². The number of nitrogens with zero attached hydrogens (tertiary/aromatic N) is 2. The minimum atomic E-state index is -0.264. The summed E-state index contributed by atoms with van der Waals surface area (Å²) in [6.45, 7) is 7.41. The molecule has 1 fully saturated rings. The molecular weight excluding hydrogens is 396 g/mol. The van der Waals surface area contributed by atoms with Gasteiger partial charge in [0.2, 0.25) is 0 Å². The van der Waals surface area contributed by atoms with Crippen LogP contribution in [0.15, 0.2) is 52.1 Å². The number of carbonyl (C=O) groups is 1. The van der Waals surface area contributed by atoms with Gasteiger partial charge in [0.25, 0.3) is 5.91 Å². The summed E-state index contributed by atoms with van der Waals surface area (Å²) in [5.41, 5.74) is 1.79. The Labute approximate surface area is 183 Å². The average Bonchev–Trinajstić information content (AvgIpc) is 3.48. The lowest BCUT2D eigenvalue weighted by atomic mass is 10.1. The Morgan fingerprint density at radius 2 is 2.10 bits per heavy atom. The second-order valence-electron chi connectivity index (χ2n) is 7.47. The van der Waals surface area contributed by atoms with Crippen LogP contribution in [0.25, 0.3) is 0 Å². The van der Waals surface area contributed by atoms with Crippen LogP contribution >= 0.6 is 0 Å². The van der Waals surface area contributed by atoms with Crippen LogP contribution in [0.5, 0.6) is 0 Å². The van der Waals surface area contributed by atoms with Gasteiger partial charge in [-0.05, 0) is 43.2 Å². The van der Waals surface area contributed by atoms with Crippen LogP contribution < -0.4 is 10.6 Å². The van der Waals surface area contributed by atoms with Gasteiger partial charge in [0.05, 0.1) is 32.6 Å². The number of methoxy groups -OCH3 is 1. The summed E-state index contributed by atoms with van der Waals surface area (Å²) in [6.07, 6.45) is 2.58. The van der Waals surface area contributed by atoms with Crippen LogP contribution in [-0.4, -0.2) is 63.3 Å². The third-order valence-electron chi connectivity index (χ3n) is 5.07. The van der Waals surface area contributed by atoms with E-state index >= 15 is 0 Å². The highest BCUT2D eigenvalue weighted by atomic mass is 16.5. The molecule has 0 bridgehead atoms. The van der Waals surface area contributed by atoms with Gasteiger partial charge in [-0.3, -0.25) is 4.79 Å². The smallest absolute Gasteiger partial charge is 0.291 e. The summed E-state index contributed by atoms with van der Waals surface area (Å²) in [5, 5.41) is 6.21. The molecule has 0 spiro atoms. The van der Waals surface area contributed by atoms with Crippen molar-refractivity contribution in [2.24, 2.45) is 10.9 Å². The molecule has 31 heavy (non-hydrogen) atoms. The van der Waals surface area contributed by atoms with Gasteiger partial charge in [-0.15, -0.1) is 0 Å². The molecule has 1 amide bonds. The molecule has 8 nitrogen and oxygen atoms in total. The summed E-state index contributed by atoms with van der Waals surface area (Å²) in [6, 6.07) is 11.0. The molecule has 2 N–H and O–H groups in total. The van der Waals surface area contributed by atoms with E-state index in [-0.39, 0.29) is 11.7 Å². The number of guanidine groups is 1. The number of benzene rings is 1. The maximum atomic E-state index is 12.1. The molecule has 1 aliphatic heterocycles. The number of anilines is 1. The van der Waals surface area contributed by atoms with Crippen LogP contribution in [0.4, 0.5) is 5.69 Å². The zero-order valence-electron chi connectivity index (χ0n) is 18.3. The third-order valence-corrected chi connectivity index (χ3v) is 5.07. The maximum Gasteiger partial charge on any atom is 0.291 e. The molecule has 1 unspecified atom stereocenters. The number of carbonyl (C=O) groups excluding carboxylic acids is 1. The van der Waals surface area contributed by atoms with E-state index in [0.717, 1.165) is 49.9 Å². The van der Waals surface area contributed by atoms with Crippen molar-refractivity contribution in [3.8, 4) is 0 Å². The molecule has 2 heterocycles. The Balaban J connectivity index is 1.51. The van der Waals surface area contributed by atoms with E-state index in [2.05, 4.69) is 22.5 Å². The van der Waals surface area contributed by atoms with Crippen molar-refractivity contribution in [2.75, 3.05) is 51.9 Å². The van der Waals surface area contributed by atoms with Gasteiger partial charge in [-0.2, -0.15) is 0 Å². The lowest BCUT2D eigenvalue weighted by molar-refractivity contribution is 0.0536. The fourth-order valence-electron chi connectivity index (χ4n) is 3.44. The Kier molecular flexibility index (Phi) is 8.93. The quantitative estimate of drug-likeness (QED) is 0.344. The number of ether oxygens (including phenoxy) is 2. The van der Waals surface area contributed by atoms with Crippen LogP contribution in [0.1, 0.15) is 29.5 Å². The number of rotatable bonds is 10. The van der Waals surface area contributed by atoms with Gasteiger partial charge in [-0.25, -0.2) is 4.99 Å². The van der Waals surface area contributed by atoms with Crippen LogP contribution in [0.2, 0.25) is 0 Å². The first-order chi connectivity index (χ1) is 15.2. The molecule has 0 saturated carbocycles. The summed E-state index contributed by atoms with van der Waals surface area (Å²) in [4.78, 5) is 19.2. The summed E-state index contributed by atoms with van der Waals surface area (Å²) >= 11 is 0. The van der Waals surface area contributed by atoms with Gasteiger partial charge >= 0.3 is 0 Å². The second-order valence-corrected chi connectivity index (χ2v) is 7.47. The number of amides is 1. The van der Waals surface area contributed by atoms with Crippen molar-refractivity contribution >= 4 is 17.6 Å². The molecule has 1 aromatic heterocycles. The van der Waals surface area contributed by atoms with Gasteiger partial charge in [0, 0.05) is 38.3 Å². The minimum absolute atomic E-state index is 0.264. The van der Waals surface area contributed by atoms with Gasteiger partial charge in [0.15, 0.2) is 11.7 Å². The summed E-state index contributed by atoms with van der Waals surface area (Å²) in [5.74, 6) is 1.46. The van der Waals surface area contributed by atoms with E-state index in [9.17, 15) is 4.79 Å². The largest absolute Gasteiger partial charge is 0.459 e. The SMILES string of the molecule is CCNC(=NCc1ccc(NC(=O)c2ccco2)cc1)N1CCC(COCCOC)C1. The zero-order chi connectivity index (χ0) is 21.9. The molecule has 168 valence electrons. The first-order valence-corrected chi connectivity index (χ1v) is 10.7. The topological polar surface area (TPSA) is 88.3 Å². The highest BCUT2D eigenvalue weighted by molar-refractivity contribution is 6.02. The van der Waals surface area contributed by atoms with E-state index in [1.807, 2.05) is 24.3 Å². The van der Waals surface area contributed by atoms with Crippen molar-refractivity contribution < 1.29 is 18.7 Å². The number of furan rings is 1. The molecular formula is C23H32N4O4. The molecule has 1 aromatic carbocycles. The number of likely N-dealkylation sites (tertiary alicyclic amines) is 1. The normalized spacial score (nSPS) is 16.5. The zero-order valence-corrected chi connectivity index (χ0v) is 18.3. The number of aliphatic imine (C=N–C) groups is 1. The number of hydrogen-bond acceptors (Lipinski definition) is 5.